The van der Waals surface area contributed by atoms with E-state index in [0.717, 1.165) is 19.7 Å². The lowest BCUT2D eigenvalue weighted by atomic mass is 10.1. The van der Waals surface area contributed by atoms with Crippen LogP contribution in [0.5, 0.6) is 0 Å². The molecule has 0 unspecified atom stereocenters. The van der Waals surface area contributed by atoms with Crippen LogP contribution in [-0.2, 0) is 9.53 Å². The topological polar surface area (TPSA) is 29.5 Å². The van der Waals surface area contributed by atoms with Crippen LogP contribution < -0.4 is 0 Å². The van der Waals surface area contributed by atoms with E-state index in [9.17, 15) is 4.79 Å². The highest BCUT2D eigenvalue weighted by Gasteiger charge is 2.31. The zero-order valence-electron chi connectivity index (χ0n) is 10.0. The third kappa shape index (κ3) is 3.66. The van der Waals surface area contributed by atoms with Crippen LogP contribution in [0.2, 0.25) is 0 Å². The van der Waals surface area contributed by atoms with E-state index in [1.54, 1.807) is 0 Å². The van der Waals surface area contributed by atoms with Gasteiger partial charge >= 0.3 is 0 Å². The fraction of sp³-hybridized carbons (Fsp3) is 0.909. The maximum atomic E-state index is 11.3. The molecule has 3 nitrogen and oxygen atoms in total. The predicted octanol–water partition coefficient (Wildman–Crippen LogP) is 1.92. The average molecular weight is 201 g/mol. The van der Waals surface area contributed by atoms with Crippen molar-refractivity contribution in [3.05, 3.63) is 0 Å². The second-order valence-electron chi connectivity index (χ2n) is 3.48. The molecule has 0 aromatic rings. The number of carbonyl (C=O) groups excluding carboxylic acids is 1. The van der Waals surface area contributed by atoms with Crippen molar-refractivity contribution in [1.29, 1.82) is 0 Å². The number of hydrogen-bond donors (Lipinski definition) is 0. The lowest BCUT2D eigenvalue weighted by molar-refractivity contribution is -0.147. The van der Waals surface area contributed by atoms with Gasteiger partial charge in [0, 0.05) is 25.6 Å². The monoisotopic (exact) mass is 201 g/mol. The van der Waals surface area contributed by atoms with Crippen LogP contribution >= 0.6 is 0 Å². The van der Waals surface area contributed by atoms with Crippen LogP contribution in [0, 0.1) is 5.92 Å². The van der Waals surface area contributed by atoms with Gasteiger partial charge in [0.15, 0.2) is 0 Å². The summed E-state index contributed by atoms with van der Waals surface area (Å²) in [7, 11) is 0. The normalized spacial score (nSPS) is 16.0. The van der Waals surface area contributed by atoms with Crippen molar-refractivity contribution in [3.63, 3.8) is 0 Å². The largest absolute Gasteiger partial charge is 0.375 e. The minimum absolute atomic E-state index is 0.118. The Hall–Kier alpha value is -0.570. The zero-order valence-corrected chi connectivity index (χ0v) is 10.0. The molecular weight excluding hydrogens is 178 g/mol. The molecule has 0 radical (unpaired) electrons. The summed E-state index contributed by atoms with van der Waals surface area (Å²) in [5, 5.41) is 0. The first kappa shape index (κ1) is 13.4. The summed E-state index contributed by atoms with van der Waals surface area (Å²) in [4.78, 5) is 13.2. The SMILES string of the molecule is CC.CCOC1CN(C(=O)C(C)C)C1. The van der Waals surface area contributed by atoms with Crippen molar-refractivity contribution in [2.24, 2.45) is 5.92 Å². The van der Waals surface area contributed by atoms with Crippen LogP contribution in [-0.4, -0.2) is 36.6 Å². The molecule has 1 amide bonds. The summed E-state index contributed by atoms with van der Waals surface area (Å²) in [5.41, 5.74) is 0. The highest BCUT2D eigenvalue weighted by molar-refractivity contribution is 5.78. The molecule has 1 saturated heterocycles. The molecule has 1 aliphatic heterocycles. The van der Waals surface area contributed by atoms with E-state index in [0.29, 0.717) is 0 Å². The fourth-order valence-electron chi connectivity index (χ4n) is 1.32. The van der Waals surface area contributed by atoms with Gasteiger partial charge in [-0.1, -0.05) is 27.7 Å². The molecule has 14 heavy (non-hydrogen) atoms. The number of hydrogen-bond acceptors (Lipinski definition) is 2. The van der Waals surface area contributed by atoms with Gasteiger partial charge in [-0.2, -0.15) is 0 Å². The second-order valence-corrected chi connectivity index (χ2v) is 3.48. The molecule has 0 bridgehead atoms. The van der Waals surface area contributed by atoms with E-state index in [2.05, 4.69) is 0 Å². The first-order chi connectivity index (χ1) is 6.65. The van der Waals surface area contributed by atoms with Crippen molar-refractivity contribution in [2.75, 3.05) is 19.7 Å². The van der Waals surface area contributed by atoms with E-state index >= 15 is 0 Å². The van der Waals surface area contributed by atoms with E-state index in [4.69, 9.17) is 4.74 Å². The molecule has 1 fully saturated rings. The number of likely N-dealkylation sites (tertiary alicyclic amines) is 1. The highest BCUT2D eigenvalue weighted by Crippen LogP contribution is 2.14. The maximum Gasteiger partial charge on any atom is 0.225 e. The molecule has 3 heteroatoms. The Morgan fingerprint density at radius 2 is 1.93 bits per heavy atom. The Kier molecular flexibility index (Phi) is 6.54. The van der Waals surface area contributed by atoms with Crippen LogP contribution in [0.3, 0.4) is 0 Å². The second kappa shape index (κ2) is 6.82. The summed E-state index contributed by atoms with van der Waals surface area (Å²) in [6.45, 7) is 12.1. The van der Waals surface area contributed by atoms with Gasteiger partial charge in [0.25, 0.3) is 0 Å². The molecule has 84 valence electrons. The van der Waals surface area contributed by atoms with Crippen molar-refractivity contribution >= 4 is 5.91 Å². The minimum Gasteiger partial charge on any atom is -0.375 e. The number of carbonyl (C=O) groups is 1. The number of amides is 1. The lowest BCUT2D eigenvalue weighted by Crippen LogP contribution is -2.55. The van der Waals surface area contributed by atoms with Gasteiger partial charge < -0.3 is 9.64 Å². The summed E-state index contributed by atoms with van der Waals surface area (Å²) in [6.07, 6.45) is 0.290. The van der Waals surface area contributed by atoms with E-state index in [1.165, 1.54) is 0 Å². The van der Waals surface area contributed by atoms with Crippen molar-refractivity contribution in [3.8, 4) is 0 Å². The van der Waals surface area contributed by atoms with Crippen molar-refractivity contribution < 1.29 is 9.53 Å². The lowest BCUT2D eigenvalue weighted by Gasteiger charge is -2.39. The summed E-state index contributed by atoms with van der Waals surface area (Å²) in [5.74, 6) is 0.360. The molecule has 0 spiro atoms. The van der Waals surface area contributed by atoms with Crippen molar-refractivity contribution in [1.82, 2.24) is 4.90 Å². The molecule has 1 heterocycles. The first-order valence-corrected chi connectivity index (χ1v) is 5.55. The number of nitrogens with zero attached hydrogens (tertiary/aromatic N) is 1. The van der Waals surface area contributed by atoms with E-state index in [1.807, 2.05) is 39.5 Å². The Morgan fingerprint density at radius 3 is 2.29 bits per heavy atom. The maximum absolute atomic E-state index is 11.3. The fourth-order valence-corrected chi connectivity index (χ4v) is 1.32. The molecule has 0 atom stereocenters. The van der Waals surface area contributed by atoms with Crippen molar-refractivity contribution in [2.45, 2.75) is 40.7 Å². The smallest absolute Gasteiger partial charge is 0.225 e. The first-order valence-electron chi connectivity index (χ1n) is 5.55. The van der Waals surface area contributed by atoms with Crippen LogP contribution in [0.4, 0.5) is 0 Å². The molecule has 1 rings (SSSR count). The van der Waals surface area contributed by atoms with E-state index in [-0.39, 0.29) is 17.9 Å². The molecule has 0 aromatic carbocycles. The summed E-state index contributed by atoms with van der Waals surface area (Å²) in [6, 6.07) is 0. The zero-order chi connectivity index (χ0) is 11.1. The molecule has 0 aromatic heterocycles. The van der Waals surface area contributed by atoms with Crippen LogP contribution in [0.15, 0.2) is 0 Å². The third-order valence-corrected chi connectivity index (χ3v) is 2.06. The van der Waals surface area contributed by atoms with Gasteiger partial charge in [0.05, 0.1) is 6.10 Å². The Labute approximate surface area is 87.4 Å². The minimum atomic E-state index is 0.118. The van der Waals surface area contributed by atoms with Gasteiger partial charge in [-0.15, -0.1) is 0 Å². The van der Waals surface area contributed by atoms with Gasteiger partial charge in [-0.05, 0) is 6.92 Å². The van der Waals surface area contributed by atoms with Gasteiger partial charge in [-0.25, -0.2) is 0 Å². The summed E-state index contributed by atoms with van der Waals surface area (Å²) >= 11 is 0. The average Bonchev–Trinajstić information content (AvgIpc) is 2.13. The highest BCUT2D eigenvalue weighted by atomic mass is 16.5. The third-order valence-electron chi connectivity index (χ3n) is 2.06. The van der Waals surface area contributed by atoms with Gasteiger partial charge in [-0.3, -0.25) is 4.79 Å². The summed E-state index contributed by atoms with van der Waals surface area (Å²) < 4.78 is 5.34. The molecule has 0 saturated carbocycles. The van der Waals surface area contributed by atoms with Gasteiger partial charge in [0.2, 0.25) is 5.91 Å². The van der Waals surface area contributed by atoms with E-state index < -0.39 is 0 Å². The van der Waals surface area contributed by atoms with Crippen LogP contribution in [0.25, 0.3) is 0 Å². The van der Waals surface area contributed by atoms with Crippen LogP contribution in [0.1, 0.15) is 34.6 Å². The molecular formula is C11H23NO2. The number of rotatable bonds is 3. The molecule has 0 aliphatic carbocycles. The Morgan fingerprint density at radius 1 is 1.43 bits per heavy atom. The molecule has 1 aliphatic rings. The molecule has 0 N–H and O–H groups in total. The quantitative estimate of drug-likeness (QED) is 0.698. The Bertz CT molecular complexity index is 163. The predicted molar refractivity (Wildman–Crippen MR) is 58.2 cm³/mol. The Balaban J connectivity index is 0.000000791. The standard InChI is InChI=1S/C9H17NO2.C2H6/c1-4-12-8-5-10(6-8)9(11)7(2)3;1-2/h7-8H,4-6H2,1-3H3;1-2H3. The van der Waals surface area contributed by atoms with Gasteiger partial charge in [0.1, 0.15) is 0 Å². The number of ether oxygens (including phenoxy) is 1.